The van der Waals surface area contributed by atoms with Crippen LogP contribution in [0, 0.1) is 12.8 Å². The second kappa shape index (κ2) is 5.98. The van der Waals surface area contributed by atoms with Crippen molar-refractivity contribution >= 4 is 11.3 Å². The summed E-state index contributed by atoms with van der Waals surface area (Å²) in [5.74, 6) is 0.837. The molecule has 17 heavy (non-hydrogen) atoms. The summed E-state index contributed by atoms with van der Waals surface area (Å²) < 4.78 is 5.61. The van der Waals surface area contributed by atoms with Gasteiger partial charge in [0.15, 0.2) is 0 Å². The normalized spacial score (nSPS) is 25.6. The van der Waals surface area contributed by atoms with Crippen molar-refractivity contribution in [2.24, 2.45) is 5.92 Å². The third-order valence-electron chi connectivity index (χ3n) is 3.67. The SMILES string of the molecule is CCOC1CC(CC(NC)c2csc(C)c2)C1. The maximum atomic E-state index is 5.61. The van der Waals surface area contributed by atoms with Crippen LogP contribution in [0.25, 0.3) is 0 Å². The highest BCUT2D eigenvalue weighted by Gasteiger charge is 2.31. The topological polar surface area (TPSA) is 21.3 Å². The summed E-state index contributed by atoms with van der Waals surface area (Å²) in [4.78, 5) is 1.40. The molecule has 0 amide bonds. The van der Waals surface area contributed by atoms with Crippen LogP contribution in [-0.4, -0.2) is 19.8 Å². The lowest BCUT2D eigenvalue weighted by Gasteiger charge is -2.37. The van der Waals surface area contributed by atoms with Crippen molar-refractivity contribution in [3.05, 3.63) is 21.9 Å². The van der Waals surface area contributed by atoms with Gasteiger partial charge in [-0.15, -0.1) is 11.3 Å². The molecule has 1 aliphatic carbocycles. The Bertz CT molecular complexity index is 344. The summed E-state index contributed by atoms with van der Waals surface area (Å²) in [5.41, 5.74) is 1.45. The van der Waals surface area contributed by atoms with Crippen molar-refractivity contribution < 1.29 is 4.74 Å². The Balaban J connectivity index is 1.81. The molecule has 1 heterocycles. The number of ether oxygens (including phenoxy) is 1. The zero-order valence-electron chi connectivity index (χ0n) is 11.0. The predicted octanol–water partition coefficient (Wildman–Crippen LogP) is 3.52. The van der Waals surface area contributed by atoms with Crippen LogP contribution in [-0.2, 0) is 4.74 Å². The minimum absolute atomic E-state index is 0.521. The molecule has 0 bridgehead atoms. The van der Waals surface area contributed by atoms with Gasteiger partial charge in [-0.3, -0.25) is 0 Å². The lowest BCUT2D eigenvalue weighted by atomic mass is 9.77. The monoisotopic (exact) mass is 253 g/mol. The first-order valence-corrected chi connectivity index (χ1v) is 7.44. The van der Waals surface area contributed by atoms with E-state index >= 15 is 0 Å². The van der Waals surface area contributed by atoms with E-state index in [-0.39, 0.29) is 0 Å². The van der Waals surface area contributed by atoms with Crippen molar-refractivity contribution in [1.29, 1.82) is 0 Å². The van der Waals surface area contributed by atoms with Gasteiger partial charge in [0.2, 0.25) is 0 Å². The van der Waals surface area contributed by atoms with Gasteiger partial charge >= 0.3 is 0 Å². The highest BCUT2D eigenvalue weighted by Crippen LogP contribution is 2.37. The summed E-state index contributed by atoms with van der Waals surface area (Å²) in [6.45, 7) is 5.11. The quantitative estimate of drug-likeness (QED) is 0.837. The molecule has 0 radical (unpaired) electrons. The fourth-order valence-corrected chi connectivity index (χ4v) is 3.40. The second-order valence-corrected chi connectivity index (χ2v) is 6.10. The van der Waals surface area contributed by atoms with E-state index in [1.807, 2.05) is 11.3 Å². The molecule has 3 heteroatoms. The van der Waals surface area contributed by atoms with E-state index in [2.05, 4.69) is 37.7 Å². The Kier molecular flexibility index (Phi) is 4.60. The number of hydrogen-bond donors (Lipinski definition) is 1. The third-order valence-corrected chi connectivity index (χ3v) is 4.55. The first-order valence-electron chi connectivity index (χ1n) is 6.56. The van der Waals surface area contributed by atoms with E-state index in [4.69, 9.17) is 4.74 Å². The minimum atomic E-state index is 0.521. The number of nitrogens with one attached hydrogen (secondary N) is 1. The Morgan fingerprint density at radius 1 is 1.53 bits per heavy atom. The van der Waals surface area contributed by atoms with E-state index < -0.39 is 0 Å². The molecule has 1 saturated carbocycles. The highest BCUT2D eigenvalue weighted by molar-refractivity contribution is 7.10. The zero-order valence-corrected chi connectivity index (χ0v) is 11.8. The summed E-state index contributed by atoms with van der Waals surface area (Å²) in [5, 5.41) is 5.73. The average molecular weight is 253 g/mol. The van der Waals surface area contributed by atoms with Gasteiger partial charge in [-0.2, -0.15) is 0 Å². The van der Waals surface area contributed by atoms with E-state index in [1.165, 1.54) is 29.7 Å². The van der Waals surface area contributed by atoms with Crippen molar-refractivity contribution in [2.45, 2.75) is 45.3 Å². The van der Waals surface area contributed by atoms with Crippen molar-refractivity contribution in [2.75, 3.05) is 13.7 Å². The fraction of sp³-hybridized carbons (Fsp3) is 0.714. The van der Waals surface area contributed by atoms with Gasteiger partial charge in [-0.1, -0.05) is 0 Å². The van der Waals surface area contributed by atoms with Crippen LogP contribution in [0.2, 0.25) is 0 Å². The van der Waals surface area contributed by atoms with Crippen LogP contribution < -0.4 is 5.32 Å². The fourth-order valence-electron chi connectivity index (χ4n) is 2.64. The first kappa shape index (κ1) is 13.1. The van der Waals surface area contributed by atoms with Gasteiger partial charge < -0.3 is 10.1 Å². The van der Waals surface area contributed by atoms with Gasteiger partial charge in [-0.05, 0) is 63.1 Å². The van der Waals surface area contributed by atoms with Crippen molar-refractivity contribution in [1.82, 2.24) is 5.32 Å². The van der Waals surface area contributed by atoms with Gasteiger partial charge in [0, 0.05) is 17.5 Å². The van der Waals surface area contributed by atoms with Gasteiger partial charge in [0.25, 0.3) is 0 Å². The summed E-state index contributed by atoms with van der Waals surface area (Å²) in [7, 11) is 2.07. The van der Waals surface area contributed by atoms with E-state index in [0.29, 0.717) is 12.1 Å². The molecule has 1 fully saturated rings. The van der Waals surface area contributed by atoms with Crippen LogP contribution >= 0.6 is 11.3 Å². The molecule has 1 aromatic heterocycles. The average Bonchev–Trinajstić information content (AvgIpc) is 2.68. The molecule has 96 valence electrons. The molecule has 1 N–H and O–H groups in total. The van der Waals surface area contributed by atoms with Crippen molar-refractivity contribution in [3.8, 4) is 0 Å². The molecule has 0 aromatic carbocycles. The molecule has 1 aliphatic rings. The molecule has 0 saturated heterocycles. The minimum Gasteiger partial charge on any atom is -0.378 e. The second-order valence-electron chi connectivity index (χ2n) is 4.98. The predicted molar refractivity (Wildman–Crippen MR) is 73.6 cm³/mol. The summed E-state index contributed by atoms with van der Waals surface area (Å²) >= 11 is 1.84. The molecule has 1 atom stereocenters. The van der Waals surface area contributed by atoms with Gasteiger partial charge in [0.05, 0.1) is 6.10 Å². The Morgan fingerprint density at radius 3 is 2.82 bits per heavy atom. The highest BCUT2D eigenvalue weighted by atomic mass is 32.1. The Morgan fingerprint density at radius 2 is 2.29 bits per heavy atom. The molecule has 2 nitrogen and oxygen atoms in total. The third kappa shape index (κ3) is 3.30. The summed E-state index contributed by atoms with van der Waals surface area (Å²) in [6, 6.07) is 2.83. The van der Waals surface area contributed by atoms with Crippen molar-refractivity contribution in [3.63, 3.8) is 0 Å². The van der Waals surface area contributed by atoms with Crippen LogP contribution in [0.15, 0.2) is 11.4 Å². The first-order chi connectivity index (χ1) is 8.22. The number of rotatable bonds is 6. The number of thiophene rings is 1. The molecule has 1 unspecified atom stereocenters. The molecular weight excluding hydrogens is 230 g/mol. The van der Waals surface area contributed by atoms with Gasteiger partial charge in [0.1, 0.15) is 0 Å². The van der Waals surface area contributed by atoms with Crippen LogP contribution in [0.4, 0.5) is 0 Å². The van der Waals surface area contributed by atoms with E-state index in [0.717, 1.165) is 12.5 Å². The zero-order chi connectivity index (χ0) is 12.3. The maximum absolute atomic E-state index is 5.61. The Hall–Kier alpha value is -0.380. The molecule has 0 spiro atoms. The van der Waals surface area contributed by atoms with E-state index in [1.54, 1.807) is 0 Å². The lowest BCUT2D eigenvalue weighted by Crippen LogP contribution is -2.34. The van der Waals surface area contributed by atoms with Crippen LogP contribution in [0.3, 0.4) is 0 Å². The molecule has 2 rings (SSSR count). The number of hydrogen-bond acceptors (Lipinski definition) is 3. The Labute approximate surface area is 108 Å². The molecular formula is C14H23NOS. The lowest BCUT2D eigenvalue weighted by molar-refractivity contribution is -0.0289. The molecule has 0 aliphatic heterocycles. The van der Waals surface area contributed by atoms with Gasteiger partial charge in [-0.25, -0.2) is 0 Å². The maximum Gasteiger partial charge on any atom is 0.0580 e. The van der Waals surface area contributed by atoms with Crippen LogP contribution in [0.1, 0.15) is 42.7 Å². The number of aryl methyl sites for hydroxylation is 1. The largest absolute Gasteiger partial charge is 0.378 e. The van der Waals surface area contributed by atoms with Crippen LogP contribution in [0.5, 0.6) is 0 Å². The standard InChI is InChI=1S/C14H23NOS/c1-4-16-13-6-11(7-13)8-14(15-3)12-5-10(2)17-9-12/h5,9,11,13-15H,4,6-8H2,1-3H3. The van der Waals surface area contributed by atoms with E-state index in [9.17, 15) is 0 Å². The summed E-state index contributed by atoms with van der Waals surface area (Å²) in [6.07, 6.45) is 4.27. The molecule has 1 aromatic rings. The smallest absolute Gasteiger partial charge is 0.0580 e.